The predicted octanol–water partition coefficient (Wildman–Crippen LogP) is 3.00. The number of fused-ring (bicyclic) bond motifs is 1. The van der Waals surface area contributed by atoms with Gasteiger partial charge in [0.2, 0.25) is 5.78 Å². The molecule has 0 saturated heterocycles. The molecule has 0 unspecified atom stereocenters. The summed E-state index contributed by atoms with van der Waals surface area (Å²) in [6.45, 7) is 3.27. The summed E-state index contributed by atoms with van der Waals surface area (Å²) in [6.07, 6.45) is 0.381. The number of esters is 1. The first-order chi connectivity index (χ1) is 14.9. The molecule has 1 atom stereocenters. The maximum Gasteiger partial charge on any atom is 0.310 e. The van der Waals surface area contributed by atoms with Gasteiger partial charge in [0, 0.05) is 23.1 Å². The lowest BCUT2D eigenvalue weighted by Gasteiger charge is -2.25. The van der Waals surface area contributed by atoms with E-state index in [0.29, 0.717) is 28.5 Å². The molecule has 8 heteroatoms. The van der Waals surface area contributed by atoms with Crippen molar-refractivity contribution in [2.45, 2.75) is 26.4 Å². The summed E-state index contributed by atoms with van der Waals surface area (Å²) >= 11 is 0. The highest BCUT2D eigenvalue weighted by Crippen LogP contribution is 2.29. The van der Waals surface area contributed by atoms with Gasteiger partial charge in [0.05, 0.1) is 12.1 Å². The SMILES string of the molecule is Cc1cc(C(=O)COC(=O)C[C@H]2Oc3ccccc3NC2=O)c(C)n1-c1ccccn1. The fraction of sp³-hybridized carbons (Fsp3) is 0.217. The van der Waals surface area contributed by atoms with Crippen molar-refractivity contribution in [3.8, 4) is 11.6 Å². The molecule has 0 bridgehead atoms. The molecule has 1 amide bonds. The van der Waals surface area contributed by atoms with Gasteiger partial charge in [-0.1, -0.05) is 18.2 Å². The highest BCUT2D eigenvalue weighted by Gasteiger charge is 2.30. The number of pyridine rings is 1. The molecule has 0 saturated carbocycles. The number of hydrogen-bond donors (Lipinski definition) is 1. The highest BCUT2D eigenvalue weighted by atomic mass is 16.5. The summed E-state index contributed by atoms with van der Waals surface area (Å²) in [4.78, 5) is 41.4. The molecule has 31 heavy (non-hydrogen) atoms. The molecule has 0 spiro atoms. The summed E-state index contributed by atoms with van der Waals surface area (Å²) in [5.74, 6) is -0.262. The van der Waals surface area contributed by atoms with Gasteiger partial charge in [0.15, 0.2) is 12.7 Å². The normalized spacial score (nSPS) is 14.9. The zero-order valence-electron chi connectivity index (χ0n) is 17.1. The van der Waals surface area contributed by atoms with Crippen LogP contribution in [0, 0.1) is 13.8 Å². The average molecular weight is 419 g/mol. The number of carbonyl (C=O) groups is 3. The standard InChI is InChI=1S/C23H21N3O5/c1-14-11-16(15(2)26(14)21-9-5-6-10-24-21)18(27)13-30-22(28)12-20-23(29)25-17-7-3-4-8-19(17)31-20/h3-11,20H,12-13H2,1-2H3,(H,25,29)/t20-/m1/s1. The first-order valence-corrected chi connectivity index (χ1v) is 9.80. The first-order valence-electron chi connectivity index (χ1n) is 9.80. The number of aryl methyl sites for hydroxylation is 1. The summed E-state index contributed by atoms with van der Waals surface area (Å²) in [6, 6.07) is 14.2. The Morgan fingerprint density at radius 2 is 1.94 bits per heavy atom. The molecule has 158 valence electrons. The quantitative estimate of drug-likeness (QED) is 0.487. The van der Waals surface area contributed by atoms with E-state index in [0.717, 1.165) is 5.69 Å². The van der Waals surface area contributed by atoms with Crippen molar-refractivity contribution in [2.75, 3.05) is 11.9 Å². The van der Waals surface area contributed by atoms with Crippen LogP contribution in [0.15, 0.2) is 54.7 Å². The number of Topliss-reactive ketones (excluding diaryl/α,β-unsaturated/α-hetero) is 1. The Bertz CT molecular complexity index is 1150. The summed E-state index contributed by atoms with van der Waals surface area (Å²) in [7, 11) is 0. The predicted molar refractivity (Wildman–Crippen MR) is 112 cm³/mol. The smallest absolute Gasteiger partial charge is 0.310 e. The lowest BCUT2D eigenvalue weighted by molar-refractivity contribution is -0.146. The fourth-order valence-electron chi connectivity index (χ4n) is 3.54. The number of benzene rings is 1. The number of para-hydroxylation sites is 2. The van der Waals surface area contributed by atoms with Crippen LogP contribution in [-0.4, -0.2) is 39.9 Å². The van der Waals surface area contributed by atoms with E-state index in [1.807, 2.05) is 36.6 Å². The number of nitrogens with zero attached hydrogens (tertiary/aromatic N) is 2. The van der Waals surface area contributed by atoms with Gasteiger partial charge in [-0.05, 0) is 44.2 Å². The lowest BCUT2D eigenvalue weighted by atomic mass is 10.1. The molecule has 3 heterocycles. The molecule has 1 aliphatic rings. The Hall–Kier alpha value is -3.94. The Morgan fingerprint density at radius 3 is 2.71 bits per heavy atom. The topological polar surface area (TPSA) is 99.5 Å². The van der Waals surface area contributed by atoms with E-state index in [2.05, 4.69) is 10.3 Å². The minimum absolute atomic E-state index is 0.291. The van der Waals surface area contributed by atoms with Crippen LogP contribution in [0.5, 0.6) is 5.75 Å². The van der Waals surface area contributed by atoms with Gasteiger partial charge >= 0.3 is 5.97 Å². The van der Waals surface area contributed by atoms with Crippen molar-refractivity contribution in [2.24, 2.45) is 0 Å². The van der Waals surface area contributed by atoms with E-state index in [1.54, 1.807) is 36.5 Å². The third kappa shape index (κ3) is 4.18. The van der Waals surface area contributed by atoms with Crippen molar-refractivity contribution in [1.82, 2.24) is 9.55 Å². The fourth-order valence-corrected chi connectivity index (χ4v) is 3.54. The van der Waals surface area contributed by atoms with Crippen molar-refractivity contribution in [1.29, 1.82) is 0 Å². The van der Waals surface area contributed by atoms with Gasteiger partial charge in [-0.3, -0.25) is 14.4 Å². The zero-order valence-corrected chi connectivity index (χ0v) is 17.1. The molecular formula is C23H21N3O5. The largest absolute Gasteiger partial charge is 0.478 e. The Morgan fingerprint density at radius 1 is 1.16 bits per heavy atom. The third-order valence-corrected chi connectivity index (χ3v) is 5.03. The minimum atomic E-state index is -1.01. The number of hydrogen-bond acceptors (Lipinski definition) is 6. The molecule has 3 aromatic rings. The van der Waals surface area contributed by atoms with Crippen molar-refractivity contribution in [3.05, 3.63) is 71.7 Å². The molecule has 0 radical (unpaired) electrons. The van der Waals surface area contributed by atoms with Crippen LogP contribution in [0.2, 0.25) is 0 Å². The Labute approximate surface area is 178 Å². The van der Waals surface area contributed by atoms with E-state index in [4.69, 9.17) is 9.47 Å². The molecule has 1 aliphatic heterocycles. The van der Waals surface area contributed by atoms with E-state index in [-0.39, 0.29) is 12.2 Å². The van der Waals surface area contributed by atoms with Gasteiger partial charge in [-0.25, -0.2) is 4.98 Å². The first kappa shape index (κ1) is 20.3. The minimum Gasteiger partial charge on any atom is -0.478 e. The zero-order chi connectivity index (χ0) is 22.0. The molecule has 2 aromatic heterocycles. The molecule has 1 N–H and O–H groups in total. The second-order valence-electron chi connectivity index (χ2n) is 7.19. The van der Waals surface area contributed by atoms with Crippen LogP contribution in [0.25, 0.3) is 5.82 Å². The lowest BCUT2D eigenvalue weighted by Crippen LogP contribution is -2.39. The maximum atomic E-state index is 12.7. The van der Waals surface area contributed by atoms with E-state index in [1.165, 1.54) is 0 Å². The number of carbonyl (C=O) groups excluding carboxylic acids is 3. The van der Waals surface area contributed by atoms with Crippen LogP contribution in [0.4, 0.5) is 5.69 Å². The summed E-state index contributed by atoms with van der Waals surface area (Å²) < 4.78 is 12.6. The van der Waals surface area contributed by atoms with Gasteiger partial charge < -0.3 is 19.4 Å². The number of nitrogens with one attached hydrogen (secondary N) is 1. The average Bonchev–Trinajstić information content (AvgIpc) is 3.07. The highest BCUT2D eigenvalue weighted by molar-refractivity contribution is 6.01. The van der Waals surface area contributed by atoms with Gasteiger partial charge in [0.25, 0.3) is 5.91 Å². The van der Waals surface area contributed by atoms with Gasteiger partial charge in [-0.15, -0.1) is 0 Å². The number of anilines is 1. The number of ketones is 1. The van der Waals surface area contributed by atoms with E-state index >= 15 is 0 Å². The van der Waals surface area contributed by atoms with Crippen molar-refractivity contribution >= 4 is 23.3 Å². The molecule has 4 rings (SSSR count). The number of rotatable bonds is 6. The monoisotopic (exact) mass is 419 g/mol. The van der Waals surface area contributed by atoms with E-state index < -0.39 is 24.6 Å². The van der Waals surface area contributed by atoms with E-state index in [9.17, 15) is 14.4 Å². The molecule has 0 fully saturated rings. The van der Waals surface area contributed by atoms with Crippen molar-refractivity contribution < 1.29 is 23.9 Å². The number of ether oxygens (including phenoxy) is 2. The molecule has 8 nitrogen and oxygen atoms in total. The Balaban J connectivity index is 1.38. The summed E-state index contributed by atoms with van der Waals surface area (Å²) in [5, 5.41) is 2.69. The Kier molecular flexibility index (Phi) is 5.53. The van der Waals surface area contributed by atoms with Gasteiger partial charge in [-0.2, -0.15) is 0 Å². The van der Waals surface area contributed by atoms with Crippen LogP contribution in [0.3, 0.4) is 0 Å². The van der Waals surface area contributed by atoms with Crippen LogP contribution < -0.4 is 10.1 Å². The second-order valence-corrected chi connectivity index (χ2v) is 7.19. The van der Waals surface area contributed by atoms with Crippen LogP contribution in [-0.2, 0) is 14.3 Å². The van der Waals surface area contributed by atoms with Gasteiger partial charge in [0.1, 0.15) is 11.6 Å². The molecular weight excluding hydrogens is 398 g/mol. The molecule has 1 aromatic carbocycles. The maximum absolute atomic E-state index is 12.7. The number of amides is 1. The van der Waals surface area contributed by atoms with Crippen LogP contribution >= 0.6 is 0 Å². The number of aromatic nitrogens is 2. The molecule has 0 aliphatic carbocycles. The third-order valence-electron chi connectivity index (χ3n) is 5.03. The summed E-state index contributed by atoms with van der Waals surface area (Å²) in [5.41, 5.74) is 2.56. The van der Waals surface area contributed by atoms with Crippen LogP contribution in [0.1, 0.15) is 28.2 Å². The second kappa shape index (κ2) is 8.43. The van der Waals surface area contributed by atoms with Crippen molar-refractivity contribution in [3.63, 3.8) is 0 Å².